The van der Waals surface area contributed by atoms with E-state index in [0.717, 1.165) is 0 Å². The lowest BCUT2D eigenvalue weighted by atomic mass is 9.96. The maximum atomic E-state index is 14.4. The van der Waals surface area contributed by atoms with Crippen LogP contribution in [0.3, 0.4) is 0 Å². The molecule has 0 aliphatic rings. The maximum Gasteiger partial charge on any atom is 0.305 e. The molecule has 0 aromatic heterocycles. The first-order chi connectivity index (χ1) is 51.2. The molecule has 108 heavy (non-hydrogen) atoms. The zero-order valence-corrected chi connectivity index (χ0v) is 62.1. The van der Waals surface area contributed by atoms with E-state index in [1.54, 1.807) is 81.4 Å². The molecule has 2 aromatic carbocycles. The number of nitrogens with zero attached hydrogens (tertiary/aromatic N) is 2. The average Bonchev–Trinajstić information content (AvgIpc) is 0.854. The highest BCUT2D eigenvalue weighted by Gasteiger charge is 2.38. The van der Waals surface area contributed by atoms with Crippen LogP contribution >= 0.6 is 25.3 Å². The van der Waals surface area contributed by atoms with Crippen LogP contribution in [0.5, 0.6) is 0 Å². The number of carboxylic acids is 1. The maximum absolute atomic E-state index is 14.4. The molecule has 0 spiro atoms. The molecule has 0 aliphatic heterocycles. The Labute approximate surface area is 634 Å². The molecule has 0 unspecified atom stereocenters. The summed E-state index contributed by atoms with van der Waals surface area (Å²) in [5, 5.41) is 62.6. The lowest BCUT2D eigenvalue weighted by Crippen LogP contribution is -2.62. The van der Waals surface area contributed by atoms with Crippen molar-refractivity contribution in [1.82, 2.24) is 74.4 Å². The number of rotatable bonds is 51. The summed E-state index contributed by atoms with van der Waals surface area (Å²) in [7, 11) is 0. The zero-order chi connectivity index (χ0) is 81.0. The Balaban J connectivity index is 2.34. The molecule has 2 rings (SSSR count). The Morgan fingerprint density at radius 1 is 0.435 bits per heavy atom. The largest absolute Gasteiger partial charge is 0.481 e. The van der Waals surface area contributed by atoms with Crippen molar-refractivity contribution < 1.29 is 92.0 Å². The number of aldehydes is 1. The molecule has 0 saturated carbocycles. The van der Waals surface area contributed by atoms with Gasteiger partial charge in [0, 0.05) is 37.4 Å². The number of amides is 14. The van der Waals surface area contributed by atoms with Crippen LogP contribution in [0, 0.1) is 11.8 Å². The summed E-state index contributed by atoms with van der Waals surface area (Å²) in [5.41, 5.74) is 28.7. The van der Waals surface area contributed by atoms with Crippen molar-refractivity contribution in [1.29, 1.82) is 0 Å². The predicted molar refractivity (Wildman–Crippen MR) is 399 cm³/mol. The fraction of sp³-hybridized carbons (Fsp3) is 0.545. The van der Waals surface area contributed by atoms with Crippen molar-refractivity contribution in [3.05, 3.63) is 71.8 Å². The highest BCUT2D eigenvalue weighted by molar-refractivity contribution is 7.80. The Hall–Kier alpha value is -10.7. The first-order valence-corrected chi connectivity index (χ1v) is 35.7. The first kappa shape index (κ1) is 93.4. The Bertz CT molecular complexity index is 3410. The molecule has 0 aliphatic carbocycles. The Morgan fingerprint density at radius 2 is 0.796 bits per heavy atom. The van der Waals surface area contributed by atoms with E-state index in [9.17, 15) is 86.9 Å². The summed E-state index contributed by atoms with van der Waals surface area (Å²) in [4.78, 5) is 221. The van der Waals surface area contributed by atoms with Crippen LogP contribution < -0.4 is 103 Å². The van der Waals surface area contributed by atoms with Crippen LogP contribution in [-0.4, -0.2) is 253 Å². The van der Waals surface area contributed by atoms with Gasteiger partial charge in [-0.1, -0.05) is 101 Å². The minimum absolute atomic E-state index is 0.0000332. The molecule has 0 fully saturated rings. The van der Waals surface area contributed by atoms with Gasteiger partial charge >= 0.3 is 5.97 Å². The van der Waals surface area contributed by atoms with E-state index < -0.39 is 206 Å². The standard InChI is InChI=1S/C66H103N21O19S2/c1-5-35(3)52(63(105)82-44(27-51(94)95)60(102)80-41(20-14-22-74-66(70)71)59(101)87-53(36(4)6-2)64(106)85-47(34-108)62(104)81-43(55(97)72-23-24-88)26-38-17-11-8-12-18-38)86-58(100)40(19-13-21-73-65(68)69)78-49(92)29-75-48(91)28-76-56(98)42(25-37-15-9-7-10-16-37)79-50(93)30-77-57(99)46(33-107)84-61(103)45(32-90)83-54(96)39(67)31-89/h7-12,15-18,24,35-36,39-47,52-53,89-90,107-108H,5-6,13-14,19-23,25-34,67H2,1-4H3,(H,72,97)(H,75,91)(H,76,98)(H,77,99)(H,78,92)(H,79,93)(H,80,102)(H,81,104)(H,82,105)(H,83,96)(H,84,103)(H,85,106)(H,86,100)(H,87,101)(H,94,95)(H4,68,69,73)(H4,70,71,74)/t35-,36-,39-,40-,41-,42-,43-,44-,45-,46-,47-,52-,53-/m0/s1. The minimum atomic E-state index is -1.96. The number of thiol groups is 2. The van der Waals surface area contributed by atoms with Gasteiger partial charge in [0.1, 0.15) is 72.7 Å². The number of hydrogen-bond acceptors (Lipinski definition) is 23. The summed E-state index contributed by atoms with van der Waals surface area (Å²) in [6.45, 7) is 1.96. The molecule has 13 atom stereocenters. The van der Waals surface area contributed by atoms with Gasteiger partial charge in [-0.15, -0.1) is 0 Å². The fourth-order valence-corrected chi connectivity index (χ4v) is 10.3. The third-order valence-electron chi connectivity index (χ3n) is 16.3. The van der Waals surface area contributed by atoms with Crippen LogP contribution in [0.4, 0.5) is 0 Å². The zero-order valence-electron chi connectivity index (χ0n) is 60.3. The monoisotopic (exact) mass is 1560 g/mol. The van der Waals surface area contributed by atoms with E-state index in [4.69, 9.17) is 33.8 Å². The van der Waals surface area contributed by atoms with E-state index in [1.165, 1.54) is 6.92 Å². The average molecular weight is 1560 g/mol. The number of carboxylic acid groups (broad SMARTS) is 1. The highest BCUT2D eigenvalue weighted by atomic mass is 32.1. The molecule has 27 N–H and O–H groups in total. The Kier molecular flexibility index (Phi) is 43.8. The number of nitrogens with two attached hydrogens (primary N) is 5. The van der Waals surface area contributed by atoms with Crippen molar-refractivity contribution >= 4 is 132 Å². The van der Waals surface area contributed by atoms with Gasteiger partial charge in [-0.3, -0.25) is 81.9 Å². The lowest BCUT2D eigenvalue weighted by Gasteiger charge is -2.30. The van der Waals surface area contributed by atoms with Gasteiger partial charge < -0.3 is 123 Å². The number of carbonyl (C=O) groups is 16. The van der Waals surface area contributed by atoms with Gasteiger partial charge in [0.15, 0.2) is 11.9 Å². The van der Waals surface area contributed by atoms with Crippen molar-refractivity contribution in [2.45, 2.75) is 152 Å². The van der Waals surface area contributed by atoms with Crippen molar-refractivity contribution in [3.8, 4) is 0 Å². The quantitative estimate of drug-likeness (QED) is 0.00961. The number of aliphatic imine (C=N–C) groups is 2. The van der Waals surface area contributed by atoms with Gasteiger partial charge in [-0.2, -0.15) is 25.3 Å². The smallest absolute Gasteiger partial charge is 0.305 e. The van der Waals surface area contributed by atoms with E-state index in [0.29, 0.717) is 17.4 Å². The topological polar surface area (TPSA) is 657 Å². The van der Waals surface area contributed by atoms with Crippen LogP contribution in [0.2, 0.25) is 0 Å². The molecule has 0 heterocycles. The lowest BCUT2D eigenvalue weighted by molar-refractivity contribution is -0.142. The van der Waals surface area contributed by atoms with E-state index >= 15 is 0 Å². The van der Waals surface area contributed by atoms with Gasteiger partial charge in [0.05, 0.1) is 45.8 Å². The molecule has 0 radical (unpaired) electrons. The van der Waals surface area contributed by atoms with Crippen LogP contribution in [0.1, 0.15) is 83.8 Å². The number of aliphatic carboxylic acids is 1. The number of aliphatic hydroxyl groups is 2. The second-order valence-corrected chi connectivity index (χ2v) is 25.4. The minimum Gasteiger partial charge on any atom is -0.481 e. The van der Waals surface area contributed by atoms with Crippen molar-refractivity contribution in [2.24, 2.45) is 50.5 Å². The van der Waals surface area contributed by atoms with Crippen LogP contribution in [0.25, 0.3) is 0 Å². The van der Waals surface area contributed by atoms with Crippen molar-refractivity contribution in [2.75, 3.05) is 64.0 Å². The summed E-state index contributed by atoms with van der Waals surface area (Å²) < 4.78 is 0. The van der Waals surface area contributed by atoms with E-state index in [1.807, 2.05) is 0 Å². The third-order valence-corrected chi connectivity index (χ3v) is 17.0. The molecule has 14 amide bonds. The van der Waals surface area contributed by atoms with Gasteiger partial charge in [0.2, 0.25) is 82.7 Å². The second kappa shape index (κ2) is 50.7. The highest BCUT2D eigenvalue weighted by Crippen LogP contribution is 2.15. The predicted octanol–water partition coefficient (Wildman–Crippen LogP) is -9.17. The number of guanidine groups is 2. The number of aliphatic hydroxyl groups excluding tert-OH is 2. The first-order valence-electron chi connectivity index (χ1n) is 34.4. The molecule has 0 bridgehead atoms. The van der Waals surface area contributed by atoms with Crippen molar-refractivity contribution in [3.63, 3.8) is 0 Å². The van der Waals surface area contributed by atoms with Crippen LogP contribution in [-0.2, 0) is 89.6 Å². The Morgan fingerprint density at radius 3 is 1.24 bits per heavy atom. The molecule has 42 heteroatoms. The summed E-state index contributed by atoms with van der Waals surface area (Å²) in [5.74, 6) is -17.7. The summed E-state index contributed by atoms with van der Waals surface area (Å²) in [6, 6.07) is 0.413. The molecule has 0 saturated heterocycles. The number of benzene rings is 2. The molecule has 2 aromatic rings. The van der Waals surface area contributed by atoms with Crippen LogP contribution in [0.15, 0.2) is 70.6 Å². The molecule has 40 nitrogen and oxygen atoms in total. The van der Waals surface area contributed by atoms with Gasteiger partial charge in [0.25, 0.3) is 0 Å². The number of carbonyl (C=O) groups excluding carboxylic acids is 15. The summed E-state index contributed by atoms with van der Waals surface area (Å²) in [6.07, 6.45) is -0.754. The fourth-order valence-electron chi connectivity index (χ4n) is 9.82. The van der Waals surface area contributed by atoms with Gasteiger partial charge in [-0.05, 0) is 48.6 Å². The number of hydrogen-bond donors (Lipinski definition) is 24. The van der Waals surface area contributed by atoms with E-state index in [-0.39, 0.29) is 94.4 Å². The molecule has 598 valence electrons. The van der Waals surface area contributed by atoms with E-state index in [2.05, 4.69) is 110 Å². The number of nitrogens with one attached hydrogen (secondary N) is 14. The summed E-state index contributed by atoms with van der Waals surface area (Å²) >= 11 is 8.33. The molecular formula is C66H103N21O19S2. The normalized spacial score (nSPS) is 14.4. The molecular weight excluding hydrogens is 1450 g/mol. The SMILES string of the molecule is CC[C@H](C)[C@H](NC(=O)[C@H](CCCN=C(N)N)NC(=O)CNC(=O)CNC(=O)[C@H](Cc1ccccc1)NC(=O)CNC(=O)[C@H](CS)NC(=O)[C@H](CO)NC(=O)[C@@H](N)CO)C(=O)N[C@@H](CC(=O)O)C(=O)N[C@@H](CCCN=C(N)N)C(=O)N[C@H](C(=O)N[C@@H](CS)C(=O)N[C@@H](Cc1ccccc1)C(=O)NCC=O)[C@@H](C)CC. The van der Waals surface area contributed by atoms with Gasteiger partial charge in [-0.25, -0.2) is 0 Å². The third kappa shape index (κ3) is 35.6. The second-order valence-electron chi connectivity index (χ2n) is 24.7.